The lowest BCUT2D eigenvalue weighted by Gasteiger charge is -2.37. The smallest absolute Gasteiger partial charge is 0.311 e. The summed E-state index contributed by atoms with van der Waals surface area (Å²) in [5, 5.41) is 21.1. The van der Waals surface area contributed by atoms with E-state index in [0.717, 1.165) is 44.5 Å². The lowest BCUT2D eigenvalue weighted by molar-refractivity contribution is -0.156. The number of rotatable bonds is 6. The van der Waals surface area contributed by atoms with Crippen molar-refractivity contribution >= 4 is 5.97 Å². The lowest BCUT2D eigenvalue weighted by Crippen LogP contribution is -2.42. The van der Waals surface area contributed by atoms with Crippen molar-refractivity contribution in [1.29, 1.82) is 0 Å². The van der Waals surface area contributed by atoms with Gasteiger partial charge in [0.1, 0.15) is 0 Å². The van der Waals surface area contributed by atoms with Crippen LogP contribution in [0, 0.1) is 5.41 Å². The van der Waals surface area contributed by atoms with E-state index in [1.807, 2.05) is 0 Å². The third kappa shape index (κ3) is 2.54. The Bertz CT molecular complexity index is 478. The number of hydrogen-bond donors (Lipinski definition) is 1. The van der Waals surface area contributed by atoms with Crippen LogP contribution in [0.15, 0.2) is 0 Å². The summed E-state index contributed by atoms with van der Waals surface area (Å²) in [4.78, 5) is 11.4. The van der Waals surface area contributed by atoms with Crippen molar-refractivity contribution in [3.05, 3.63) is 5.82 Å². The van der Waals surface area contributed by atoms with Gasteiger partial charge in [-0.1, -0.05) is 6.42 Å². The molecule has 1 unspecified atom stereocenters. The quantitative estimate of drug-likeness (QED) is 0.837. The van der Waals surface area contributed by atoms with Crippen LogP contribution in [-0.2, 0) is 22.5 Å². The van der Waals surface area contributed by atoms with E-state index in [1.165, 1.54) is 0 Å². The number of ether oxygens (including phenoxy) is 1. The van der Waals surface area contributed by atoms with Gasteiger partial charge in [0.05, 0.1) is 18.1 Å². The minimum Gasteiger partial charge on any atom is -0.481 e. The number of aliphatic carboxylic acids is 1. The zero-order chi connectivity index (χ0) is 14.0. The summed E-state index contributed by atoms with van der Waals surface area (Å²) in [6.45, 7) is 1.23. The zero-order valence-electron chi connectivity index (χ0n) is 11.5. The third-order valence-corrected chi connectivity index (χ3v) is 4.54. The Kier molecular flexibility index (Phi) is 3.69. The van der Waals surface area contributed by atoms with Gasteiger partial charge in [-0.05, 0) is 42.5 Å². The summed E-state index contributed by atoms with van der Waals surface area (Å²) >= 11 is 0. The van der Waals surface area contributed by atoms with Crippen LogP contribution in [0.2, 0.25) is 0 Å². The highest BCUT2D eigenvalue weighted by molar-refractivity contribution is 5.75. The molecule has 0 aromatic carbocycles. The second-order valence-corrected chi connectivity index (χ2v) is 5.87. The van der Waals surface area contributed by atoms with Gasteiger partial charge in [0.15, 0.2) is 5.82 Å². The first-order valence-corrected chi connectivity index (χ1v) is 7.30. The molecule has 1 aliphatic heterocycles. The summed E-state index contributed by atoms with van der Waals surface area (Å²) in [5.74, 6) is 0.0392. The SMILES string of the molecule is O=C(O)C1(Cn2nnnc2CCC2CCCO2)CCC1. The minimum absolute atomic E-state index is 0.303. The molecule has 2 aliphatic rings. The first-order valence-electron chi connectivity index (χ1n) is 7.30. The van der Waals surface area contributed by atoms with Crippen LogP contribution in [0.5, 0.6) is 0 Å². The highest BCUT2D eigenvalue weighted by Gasteiger charge is 2.45. The standard InChI is InChI=1S/C13H20N4O3/c18-12(19)13(6-2-7-13)9-17-11(14-15-16-17)5-4-10-3-1-8-20-10/h10H,1-9H2,(H,18,19). The van der Waals surface area contributed by atoms with E-state index in [4.69, 9.17) is 4.74 Å². The van der Waals surface area contributed by atoms with Gasteiger partial charge in [-0.15, -0.1) is 5.10 Å². The number of carboxylic acids is 1. The van der Waals surface area contributed by atoms with Crippen LogP contribution in [0.3, 0.4) is 0 Å². The normalized spacial score (nSPS) is 24.5. The van der Waals surface area contributed by atoms with Gasteiger partial charge in [-0.3, -0.25) is 4.79 Å². The molecule has 0 bridgehead atoms. The van der Waals surface area contributed by atoms with Gasteiger partial charge >= 0.3 is 5.97 Å². The number of tetrazole rings is 1. The molecular formula is C13H20N4O3. The van der Waals surface area contributed by atoms with Gasteiger partial charge in [0.2, 0.25) is 0 Å². The molecule has 1 atom stereocenters. The van der Waals surface area contributed by atoms with Gasteiger partial charge in [-0.2, -0.15) is 0 Å². The van der Waals surface area contributed by atoms with Crippen molar-refractivity contribution in [2.24, 2.45) is 5.41 Å². The van der Waals surface area contributed by atoms with Crippen molar-refractivity contribution in [3.8, 4) is 0 Å². The Morgan fingerprint density at radius 3 is 2.90 bits per heavy atom. The monoisotopic (exact) mass is 280 g/mol. The van der Waals surface area contributed by atoms with Crippen LogP contribution >= 0.6 is 0 Å². The summed E-state index contributed by atoms with van der Waals surface area (Å²) in [5.41, 5.74) is -0.659. The van der Waals surface area contributed by atoms with Gasteiger partial charge in [-0.25, -0.2) is 4.68 Å². The molecule has 7 nitrogen and oxygen atoms in total. The molecule has 3 rings (SSSR count). The fraction of sp³-hybridized carbons (Fsp3) is 0.846. The predicted octanol–water partition coefficient (Wildman–Crippen LogP) is 1.04. The molecule has 20 heavy (non-hydrogen) atoms. The van der Waals surface area contributed by atoms with Crippen LogP contribution in [0.4, 0.5) is 0 Å². The molecule has 1 saturated heterocycles. The van der Waals surface area contributed by atoms with Gasteiger partial charge < -0.3 is 9.84 Å². The fourth-order valence-electron chi connectivity index (χ4n) is 3.02. The molecule has 1 saturated carbocycles. The minimum atomic E-state index is -0.732. The molecule has 0 radical (unpaired) electrons. The first-order chi connectivity index (χ1) is 9.70. The second-order valence-electron chi connectivity index (χ2n) is 5.87. The Morgan fingerprint density at radius 1 is 1.45 bits per heavy atom. The van der Waals surface area contributed by atoms with E-state index in [9.17, 15) is 9.90 Å². The highest BCUT2D eigenvalue weighted by atomic mass is 16.5. The van der Waals surface area contributed by atoms with Crippen molar-refractivity contribution in [2.75, 3.05) is 6.61 Å². The Balaban J connectivity index is 1.62. The molecule has 0 spiro atoms. The van der Waals surface area contributed by atoms with Crippen molar-refractivity contribution in [1.82, 2.24) is 20.2 Å². The number of aryl methyl sites for hydroxylation is 1. The lowest BCUT2D eigenvalue weighted by atomic mass is 9.69. The second kappa shape index (κ2) is 5.47. The third-order valence-electron chi connectivity index (χ3n) is 4.54. The number of nitrogens with zero attached hydrogens (tertiary/aromatic N) is 4. The number of hydrogen-bond acceptors (Lipinski definition) is 5. The Morgan fingerprint density at radius 2 is 2.30 bits per heavy atom. The molecule has 1 aromatic heterocycles. The van der Waals surface area contributed by atoms with Crippen molar-refractivity contribution < 1.29 is 14.6 Å². The van der Waals surface area contributed by atoms with E-state index in [-0.39, 0.29) is 0 Å². The van der Waals surface area contributed by atoms with Gasteiger partial charge in [0, 0.05) is 13.0 Å². The number of aromatic nitrogens is 4. The Labute approximate surface area is 117 Å². The molecule has 1 aliphatic carbocycles. The van der Waals surface area contributed by atoms with E-state index in [1.54, 1.807) is 4.68 Å². The largest absolute Gasteiger partial charge is 0.481 e. The molecule has 2 fully saturated rings. The van der Waals surface area contributed by atoms with E-state index >= 15 is 0 Å². The van der Waals surface area contributed by atoms with Crippen LogP contribution in [0.1, 0.15) is 44.3 Å². The average molecular weight is 280 g/mol. The van der Waals surface area contributed by atoms with E-state index in [2.05, 4.69) is 15.5 Å². The molecule has 1 N–H and O–H groups in total. The average Bonchev–Trinajstić information content (AvgIpc) is 3.02. The summed E-state index contributed by atoms with van der Waals surface area (Å²) in [7, 11) is 0. The van der Waals surface area contributed by atoms with E-state index in [0.29, 0.717) is 25.5 Å². The van der Waals surface area contributed by atoms with Crippen LogP contribution in [-0.4, -0.2) is 44.0 Å². The number of carboxylic acid groups (broad SMARTS) is 1. The Hall–Kier alpha value is -1.50. The highest BCUT2D eigenvalue weighted by Crippen LogP contribution is 2.42. The zero-order valence-corrected chi connectivity index (χ0v) is 11.5. The topological polar surface area (TPSA) is 90.1 Å². The first kappa shape index (κ1) is 13.5. The summed E-state index contributed by atoms with van der Waals surface area (Å²) in [6, 6.07) is 0. The maximum atomic E-state index is 11.4. The molecular weight excluding hydrogens is 260 g/mol. The maximum absolute atomic E-state index is 11.4. The predicted molar refractivity (Wildman–Crippen MR) is 69.0 cm³/mol. The van der Waals surface area contributed by atoms with Crippen LogP contribution in [0.25, 0.3) is 0 Å². The van der Waals surface area contributed by atoms with Crippen LogP contribution < -0.4 is 0 Å². The molecule has 7 heteroatoms. The summed E-state index contributed by atoms with van der Waals surface area (Å²) in [6.07, 6.45) is 6.57. The van der Waals surface area contributed by atoms with E-state index < -0.39 is 11.4 Å². The molecule has 2 heterocycles. The van der Waals surface area contributed by atoms with Crippen molar-refractivity contribution in [2.45, 2.75) is 57.6 Å². The van der Waals surface area contributed by atoms with Crippen molar-refractivity contribution in [3.63, 3.8) is 0 Å². The number of carbonyl (C=O) groups is 1. The maximum Gasteiger partial charge on any atom is 0.311 e. The molecule has 1 aromatic rings. The summed E-state index contributed by atoms with van der Waals surface area (Å²) < 4.78 is 7.26. The van der Waals surface area contributed by atoms with Gasteiger partial charge in [0.25, 0.3) is 0 Å². The molecule has 110 valence electrons. The molecule has 0 amide bonds. The fourth-order valence-corrected chi connectivity index (χ4v) is 3.02.